The van der Waals surface area contributed by atoms with E-state index in [0.29, 0.717) is 18.3 Å². The Bertz CT molecular complexity index is 1400. The molecule has 1 aromatic heterocycles. The molecule has 0 spiro atoms. The number of nitrogens with one attached hydrogen (secondary N) is 3. The average molecular weight is 566 g/mol. The largest absolute Gasteiger partial charge is 0.374 e. The SMILES string of the molecule is C=C(/C=C\C(=C/C)[C@H]1CCNC1)NC1N=CC2=C(N1)N(c1cccc(N=S(C)(C)=O)n1)[C@@H]1CC(C)(C)OC[C@]21C. The van der Waals surface area contributed by atoms with Crippen LogP contribution in [-0.2, 0) is 14.5 Å². The highest BCUT2D eigenvalue weighted by Gasteiger charge is 2.56. The Hall–Kier alpha value is -2.95. The van der Waals surface area contributed by atoms with Crippen LogP contribution in [0.1, 0.15) is 40.5 Å². The van der Waals surface area contributed by atoms with Crippen molar-refractivity contribution in [1.29, 1.82) is 0 Å². The maximum absolute atomic E-state index is 12.4. The van der Waals surface area contributed by atoms with Crippen LogP contribution in [0.5, 0.6) is 0 Å². The molecule has 0 bridgehead atoms. The third-order valence-corrected chi connectivity index (χ3v) is 8.80. The summed E-state index contributed by atoms with van der Waals surface area (Å²) in [4.78, 5) is 11.9. The number of fused-ring (bicyclic) bond motifs is 2. The lowest BCUT2D eigenvalue weighted by Crippen LogP contribution is -2.54. The number of ether oxygens (including phenoxy) is 1. The summed E-state index contributed by atoms with van der Waals surface area (Å²) in [6, 6.07) is 5.80. The summed E-state index contributed by atoms with van der Waals surface area (Å²) in [5.41, 5.74) is 2.63. The quantitative estimate of drug-likeness (QED) is 0.426. The molecule has 2 saturated heterocycles. The summed E-state index contributed by atoms with van der Waals surface area (Å²) in [6.07, 6.45) is 13.1. The van der Waals surface area contributed by atoms with Crippen molar-refractivity contribution in [1.82, 2.24) is 20.9 Å². The van der Waals surface area contributed by atoms with Gasteiger partial charge in [0.2, 0.25) is 0 Å². The zero-order valence-corrected chi connectivity index (χ0v) is 25.3. The van der Waals surface area contributed by atoms with E-state index in [-0.39, 0.29) is 17.1 Å². The van der Waals surface area contributed by atoms with Gasteiger partial charge in [-0.3, -0.25) is 0 Å². The summed E-state index contributed by atoms with van der Waals surface area (Å²) < 4.78 is 23.1. The van der Waals surface area contributed by atoms with Crippen molar-refractivity contribution in [2.45, 2.75) is 58.5 Å². The predicted octanol–water partition coefficient (Wildman–Crippen LogP) is 4.22. The number of hydrogen-bond acceptors (Lipinski definition) is 9. The zero-order valence-electron chi connectivity index (χ0n) is 24.5. The second-order valence-corrected chi connectivity index (χ2v) is 14.8. The van der Waals surface area contributed by atoms with Gasteiger partial charge in [0.15, 0.2) is 12.1 Å². The molecule has 40 heavy (non-hydrogen) atoms. The number of allylic oxidation sites excluding steroid dienone is 3. The first-order chi connectivity index (χ1) is 18.9. The minimum atomic E-state index is -2.34. The molecule has 5 rings (SSSR count). The Morgan fingerprint density at radius 2 is 2.10 bits per heavy atom. The Labute approximate surface area is 239 Å². The van der Waals surface area contributed by atoms with Crippen molar-refractivity contribution >= 4 is 27.6 Å². The van der Waals surface area contributed by atoms with Crippen molar-refractivity contribution in [2.24, 2.45) is 20.7 Å². The number of rotatable bonds is 7. The van der Waals surface area contributed by atoms with Gasteiger partial charge in [-0.05, 0) is 69.9 Å². The van der Waals surface area contributed by atoms with E-state index in [0.717, 1.165) is 48.8 Å². The van der Waals surface area contributed by atoms with Crippen molar-refractivity contribution in [3.8, 4) is 0 Å². The molecule has 9 nitrogen and oxygen atoms in total. The van der Waals surface area contributed by atoms with E-state index >= 15 is 0 Å². The molecule has 4 aliphatic rings. The molecule has 0 amide bonds. The second-order valence-electron chi connectivity index (χ2n) is 12.3. The van der Waals surface area contributed by atoms with Crippen molar-refractivity contribution in [3.05, 3.63) is 65.7 Å². The highest BCUT2D eigenvalue weighted by Crippen LogP contribution is 2.51. The molecule has 2 fully saturated rings. The topological polar surface area (TPSA) is 103 Å². The first-order valence-corrected chi connectivity index (χ1v) is 16.3. The number of pyridine rings is 1. The van der Waals surface area contributed by atoms with E-state index in [4.69, 9.17) is 14.7 Å². The molecular weight excluding hydrogens is 522 g/mol. The normalized spacial score (nSPS) is 29.8. The van der Waals surface area contributed by atoms with Gasteiger partial charge in [0, 0.05) is 51.7 Å². The van der Waals surface area contributed by atoms with Crippen LogP contribution in [0.15, 0.2) is 75.0 Å². The van der Waals surface area contributed by atoms with Crippen LogP contribution in [0, 0.1) is 11.3 Å². The van der Waals surface area contributed by atoms with Gasteiger partial charge >= 0.3 is 0 Å². The minimum absolute atomic E-state index is 0.0923. The second kappa shape index (κ2) is 10.8. The van der Waals surface area contributed by atoms with Crippen LogP contribution in [-0.4, -0.2) is 65.5 Å². The molecule has 4 atom stereocenters. The Kier molecular flexibility index (Phi) is 7.71. The Morgan fingerprint density at radius 1 is 1.30 bits per heavy atom. The smallest absolute Gasteiger partial charge is 0.195 e. The summed E-state index contributed by atoms with van der Waals surface area (Å²) in [6.45, 7) is 15.5. The maximum atomic E-state index is 12.4. The lowest BCUT2D eigenvalue weighted by Gasteiger charge is -2.47. The molecule has 5 heterocycles. The third-order valence-electron chi connectivity index (χ3n) is 8.18. The molecule has 1 unspecified atom stereocenters. The molecule has 4 aliphatic heterocycles. The summed E-state index contributed by atoms with van der Waals surface area (Å²) >= 11 is 0. The maximum Gasteiger partial charge on any atom is 0.195 e. The van der Waals surface area contributed by atoms with Crippen LogP contribution in [0.4, 0.5) is 11.6 Å². The standard InChI is InChI=1S/C30H43N7O2S/c1-8-21(22-14-15-31-17-22)13-12-20(2)33-28-32-18-23-27(35-28)37(24-16-29(3,4)39-19-30(23,24)5)26-11-9-10-25(34-26)36-40(6,7)38/h8-13,18,22,24,28,31,33,35H,2,14-17,19H2,1,3-7H3/b13-12-,21-8+/t22-,24+,28?,30+/m0/s1. The summed E-state index contributed by atoms with van der Waals surface area (Å²) in [5.74, 6) is 2.71. The van der Waals surface area contributed by atoms with E-state index in [9.17, 15) is 4.21 Å². The van der Waals surface area contributed by atoms with E-state index < -0.39 is 16.0 Å². The first-order valence-electron chi connectivity index (χ1n) is 14.0. The van der Waals surface area contributed by atoms with Gasteiger partial charge < -0.3 is 25.6 Å². The Morgan fingerprint density at radius 3 is 2.80 bits per heavy atom. The van der Waals surface area contributed by atoms with Gasteiger partial charge in [0.1, 0.15) is 11.6 Å². The molecule has 0 aromatic carbocycles. The van der Waals surface area contributed by atoms with Gasteiger partial charge in [0.05, 0.1) is 18.2 Å². The van der Waals surface area contributed by atoms with Gasteiger partial charge in [0.25, 0.3) is 0 Å². The average Bonchev–Trinajstić information content (AvgIpc) is 3.48. The molecule has 1 aromatic rings. The molecule has 0 aliphatic carbocycles. The minimum Gasteiger partial charge on any atom is -0.374 e. The number of hydrogen-bond donors (Lipinski definition) is 3. The van der Waals surface area contributed by atoms with E-state index in [1.54, 1.807) is 18.6 Å². The van der Waals surface area contributed by atoms with Crippen molar-refractivity contribution < 1.29 is 8.95 Å². The van der Waals surface area contributed by atoms with Crippen LogP contribution in [0.3, 0.4) is 0 Å². The molecule has 3 N–H and O–H groups in total. The third kappa shape index (κ3) is 5.89. The lowest BCUT2D eigenvalue weighted by molar-refractivity contribution is -0.101. The lowest BCUT2D eigenvalue weighted by atomic mass is 9.72. The number of aliphatic imine (C=N–C) groups is 1. The van der Waals surface area contributed by atoms with Gasteiger partial charge in [-0.25, -0.2) is 14.2 Å². The van der Waals surface area contributed by atoms with Crippen LogP contribution < -0.4 is 20.9 Å². The fourth-order valence-electron chi connectivity index (χ4n) is 6.05. The molecule has 0 saturated carbocycles. The van der Waals surface area contributed by atoms with E-state index in [1.807, 2.05) is 24.4 Å². The van der Waals surface area contributed by atoms with Crippen LogP contribution in [0.2, 0.25) is 0 Å². The van der Waals surface area contributed by atoms with Crippen molar-refractivity contribution in [2.75, 3.05) is 37.1 Å². The molecular formula is C30H43N7O2S. The molecule has 216 valence electrons. The van der Waals surface area contributed by atoms with Crippen LogP contribution >= 0.6 is 0 Å². The molecule has 10 heteroatoms. The fraction of sp³-hybridized carbons (Fsp3) is 0.533. The first kappa shape index (κ1) is 28.6. The Balaban J connectivity index is 1.42. The van der Waals surface area contributed by atoms with E-state index in [2.05, 4.69) is 71.6 Å². The summed E-state index contributed by atoms with van der Waals surface area (Å²) in [7, 11) is -2.34. The number of anilines is 1. The van der Waals surface area contributed by atoms with Gasteiger partial charge in [-0.2, -0.15) is 4.36 Å². The summed E-state index contributed by atoms with van der Waals surface area (Å²) in [5, 5.41) is 10.5. The zero-order chi connectivity index (χ0) is 28.7. The predicted molar refractivity (Wildman–Crippen MR) is 164 cm³/mol. The van der Waals surface area contributed by atoms with Gasteiger partial charge in [-0.1, -0.05) is 31.7 Å². The highest BCUT2D eigenvalue weighted by atomic mass is 32.2. The number of nitrogens with zero attached hydrogens (tertiary/aromatic N) is 4. The fourth-order valence-corrected chi connectivity index (χ4v) is 6.60. The number of aromatic nitrogens is 1. The van der Waals surface area contributed by atoms with Gasteiger partial charge in [-0.15, -0.1) is 0 Å². The van der Waals surface area contributed by atoms with E-state index in [1.165, 1.54) is 5.57 Å². The highest BCUT2D eigenvalue weighted by molar-refractivity contribution is 7.92. The van der Waals surface area contributed by atoms with Crippen LogP contribution in [0.25, 0.3) is 0 Å². The monoisotopic (exact) mass is 565 g/mol. The molecule has 0 radical (unpaired) electrons. The van der Waals surface area contributed by atoms with Crippen molar-refractivity contribution in [3.63, 3.8) is 0 Å².